The number of anilines is 3. The number of carbonyl (C=O) groups is 2. The Morgan fingerprint density at radius 2 is 1.64 bits per heavy atom. The van der Waals surface area contributed by atoms with Crippen LogP contribution in [0.2, 0.25) is 0 Å². The lowest BCUT2D eigenvalue weighted by molar-refractivity contribution is -0.115. The van der Waals surface area contributed by atoms with Gasteiger partial charge in [-0.25, -0.2) is 0 Å². The molecule has 132 valence electrons. The zero-order valence-electron chi connectivity index (χ0n) is 14.5. The van der Waals surface area contributed by atoms with Gasteiger partial charge in [0.1, 0.15) is 5.75 Å². The van der Waals surface area contributed by atoms with Crippen LogP contribution in [0.4, 0.5) is 17.1 Å². The predicted molar refractivity (Wildman–Crippen MR) is 100 cm³/mol. The fourth-order valence-corrected chi connectivity index (χ4v) is 2.18. The molecule has 2 rings (SSSR count). The predicted octanol–water partition coefficient (Wildman–Crippen LogP) is 3.48. The summed E-state index contributed by atoms with van der Waals surface area (Å²) in [5.41, 5.74) is 2.12. The van der Waals surface area contributed by atoms with E-state index in [1.165, 1.54) is 6.92 Å². The zero-order chi connectivity index (χ0) is 18.1. The van der Waals surface area contributed by atoms with Gasteiger partial charge in [-0.3, -0.25) is 9.59 Å². The van der Waals surface area contributed by atoms with Crippen LogP contribution < -0.4 is 20.7 Å². The third kappa shape index (κ3) is 6.55. The quantitative estimate of drug-likeness (QED) is 0.687. The molecule has 0 aliphatic heterocycles. The van der Waals surface area contributed by atoms with E-state index in [-0.39, 0.29) is 18.4 Å². The Kier molecular flexibility index (Phi) is 6.83. The summed E-state index contributed by atoms with van der Waals surface area (Å²) in [6, 6.07) is 14.5. The average Bonchev–Trinajstić information content (AvgIpc) is 2.58. The van der Waals surface area contributed by atoms with Crippen molar-refractivity contribution in [2.24, 2.45) is 0 Å². The Labute approximate surface area is 147 Å². The monoisotopic (exact) mass is 341 g/mol. The second-order valence-electron chi connectivity index (χ2n) is 5.54. The molecule has 0 fully saturated rings. The summed E-state index contributed by atoms with van der Waals surface area (Å²) in [5, 5.41) is 8.56. The number of hydrogen-bond donors (Lipinski definition) is 3. The van der Waals surface area contributed by atoms with E-state index in [0.29, 0.717) is 18.0 Å². The third-order valence-electron chi connectivity index (χ3n) is 3.23. The van der Waals surface area contributed by atoms with Crippen LogP contribution in [0, 0.1) is 0 Å². The maximum absolute atomic E-state index is 12.1. The molecule has 6 nitrogen and oxygen atoms in total. The van der Waals surface area contributed by atoms with E-state index in [1.807, 2.05) is 31.2 Å². The van der Waals surface area contributed by atoms with Crippen LogP contribution in [-0.4, -0.2) is 25.0 Å². The lowest BCUT2D eigenvalue weighted by Crippen LogP contribution is -2.21. The smallest absolute Gasteiger partial charge is 0.243 e. The molecule has 2 aromatic carbocycles. The Hall–Kier alpha value is -3.02. The maximum Gasteiger partial charge on any atom is 0.243 e. The largest absolute Gasteiger partial charge is 0.494 e. The summed E-state index contributed by atoms with van der Waals surface area (Å²) < 4.78 is 5.55. The van der Waals surface area contributed by atoms with Crippen LogP contribution in [0.1, 0.15) is 20.3 Å². The van der Waals surface area contributed by atoms with Crippen LogP contribution >= 0.6 is 0 Å². The highest BCUT2D eigenvalue weighted by molar-refractivity contribution is 5.94. The van der Waals surface area contributed by atoms with Crippen molar-refractivity contribution in [2.45, 2.75) is 20.3 Å². The van der Waals surface area contributed by atoms with Gasteiger partial charge >= 0.3 is 0 Å². The zero-order valence-corrected chi connectivity index (χ0v) is 14.5. The molecule has 0 saturated heterocycles. The van der Waals surface area contributed by atoms with E-state index in [2.05, 4.69) is 16.0 Å². The van der Waals surface area contributed by atoms with Crippen molar-refractivity contribution in [1.29, 1.82) is 0 Å². The fourth-order valence-electron chi connectivity index (χ4n) is 2.18. The Morgan fingerprint density at radius 1 is 0.960 bits per heavy atom. The van der Waals surface area contributed by atoms with E-state index in [9.17, 15) is 9.59 Å². The summed E-state index contributed by atoms with van der Waals surface area (Å²) in [4.78, 5) is 23.2. The standard InChI is InChI=1S/C19H23N3O3/c1-3-10-25-18-9-5-8-17(12-18)22-19(24)13-20-15-6-4-7-16(11-15)21-14(2)23/h4-9,11-12,20H,3,10,13H2,1-2H3,(H,21,23)(H,22,24). The van der Waals surface area contributed by atoms with Gasteiger partial charge in [0.05, 0.1) is 13.2 Å². The van der Waals surface area contributed by atoms with Gasteiger partial charge in [-0.2, -0.15) is 0 Å². The fraction of sp³-hybridized carbons (Fsp3) is 0.263. The minimum Gasteiger partial charge on any atom is -0.494 e. The molecule has 2 aromatic rings. The van der Waals surface area contributed by atoms with Crippen molar-refractivity contribution in [1.82, 2.24) is 0 Å². The lowest BCUT2D eigenvalue weighted by Gasteiger charge is -2.10. The number of rotatable bonds is 8. The second kappa shape index (κ2) is 9.32. The Balaban J connectivity index is 1.87. The topological polar surface area (TPSA) is 79.5 Å². The minimum absolute atomic E-state index is 0.115. The Bertz CT molecular complexity index is 731. The van der Waals surface area contributed by atoms with Crippen LogP contribution in [0.25, 0.3) is 0 Å². The number of hydrogen-bond acceptors (Lipinski definition) is 4. The van der Waals surface area contributed by atoms with Gasteiger partial charge in [-0.1, -0.05) is 19.1 Å². The molecule has 0 saturated carbocycles. The van der Waals surface area contributed by atoms with Crippen molar-refractivity contribution in [3.8, 4) is 5.75 Å². The molecule has 0 bridgehead atoms. The molecule has 0 atom stereocenters. The van der Waals surface area contributed by atoms with Crippen LogP contribution in [-0.2, 0) is 9.59 Å². The molecule has 3 N–H and O–H groups in total. The van der Waals surface area contributed by atoms with Crippen molar-refractivity contribution >= 4 is 28.9 Å². The number of carbonyl (C=O) groups excluding carboxylic acids is 2. The van der Waals surface area contributed by atoms with Crippen LogP contribution in [0.5, 0.6) is 5.75 Å². The molecule has 0 heterocycles. The molecule has 0 radical (unpaired) electrons. The van der Waals surface area contributed by atoms with Crippen molar-refractivity contribution < 1.29 is 14.3 Å². The molecule has 2 amide bonds. The van der Waals surface area contributed by atoms with Gasteiger partial charge in [0.25, 0.3) is 0 Å². The molecular weight excluding hydrogens is 318 g/mol. The highest BCUT2D eigenvalue weighted by Gasteiger charge is 2.04. The first-order chi connectivity index (χ1) is 12.1. The van der Waals surface area contributed by atoms with Gasteiger partial charge in [0.2, 0.25) is 11.8 Å². The van der Waals surface area contributed by atoms with Crippen molar-refractivity contribution in [3.63, 3.8) is 0 Å². The first-order valence-corrected chi connectivity index (χ1v) is 8.21. The SMILES string of the molecule is CCCOc1cccc(NC(=O)CNc2cccc(NC(C)=O)c2)c1. The average molecular weight is 341 g/mol. The first-order valence-electron chi connectivity index (χ1n) is 8.21. The first kappa shape index (κ1) is 18.3. The molecule has 0 aliphatic rings. The van der Waals surface area contributed by atoms with Crippen molar-refractivity contribution in [3.05, 3.63) is 48.5 Å². The van der Waals surface area contributed by atoms with Crippen LogP contribution in [0.15, 0.2) is 48.5 Å². The number of ether oxygens (including phenoxy) is 1. The van der Waals surface area contributed by atoms with E-state index in [0.717, 1.165) is 17.9 Å². The van der Waals surface area contributed by atoms with E-state index < -0.39 is 0 Å². The highest BCUT2D eigenvalue weighted by atomic mass is 16.5. The summed E-state index contributed by atoms with van der Waals surface area (Å²) in [6.45, 7) is 4.25. The maximum atomic E-state index is 12.1. The highest BCUT2D eigenvalue weighted by Crippen LogP contribution is 2.18. The van der Waals surface area contributed by atoms with Gasteiger partial charge < -0.3 is 20.7 Å². The summed E-state index contributed by atoms with van der Waals surface area (Å²) in [5.74, 6) is 0.424. The molecule has 0 aromatic heterocycles. The van der Waals surface area contributed by atoms with Gasteiger partial charge in [0, 0.05) is 30.1 Å². The lowest BCUT2D eigenvalue weighted by atomic mass is 10.2. The van der Waals surface area contributed by atoms with E-state index >= 15 is 0 Å². The summed E-state index contributed by atoms with van der Waals surface area (Å²) in [6.07, 6.45) is 0.929. The Morgan fingerprint density at radius 3 is 2.36 bits per heavy atom. The molecule has 25 heavy (non-hydrogen) atoms. The summed E-state index contributed by atoms with van der Waals surface area (Å²) in [7, 11) is 0. The minimum atomic E-state index is -0.169. The van der Waals surface area contributed by atoms with Gasteiger partial charge in [-0.05, 0) is 36.8 Å². The molecular formula is C19H23N3O3. The van der Waals surface area contributed by atoms with Gasteiger partial charge in [-0.15, -0.1) is 0 Å². The number of amides is 2. The molecule has 6 heteroatoms. The number of benzene rings is 2. The third-order valence-corrected chi connectivity index (χ3v) is 3.23. The molecule has 0 aliphatic carbocycles. The van der Waals surface area contributed by atoms with E-state index in [1.54, 1.807) is 24.3 Å². The van der Waals surface area contributed by atoms with Gasteiger partial charge in [0.15, 0.2) is 0 Å². The van der Waals surface area contributed by atoms with Crippen molar-refractivity contribution in [2.75, 3.05) is 29.1 Å². The molecule has 0 unspecified atom stereocenters. The second-order valence-corrected chi connectivity index (χ2v) is 5.54. The molecule has 0 spiro atoms. The number of nitrogens with one attached hydrogen (secondary N) is 3. The normalized spacial score (nSPS) is 10.0. The van der Waals surface area contributed by atoms with E-state index in [4.69, 9.17) is 4.74 Å². The summed E-state index contributed by atoms with van der Waals surface area (Å²) >= 11 is 0. The van der Waals surface area contributed by atoms with Crippen LogP contribution in [0.3, 0.4) is 0 Å².